The third-order valence-corrected chi connectivity index (χ3v) is 5.33. The van der Waals surface area contributed by atoms with Crippen LogP contribution >= 0.6 is 0 Å². The number of fused-ring (bicyclic) bond motifs is 1. The second-order valence-corrected chi connectivity index (χ2v) is 7.70. The maximum Gasteiger partial charge on any atom is 0.218 e. The van der Waals surface area contributed by atoms with Crippen molar-refractivity contribution in [3.8, 4) is 11.6 Å². The van der Waals surface area contributed by atoms with E-state index in [1.807, 2.05) is 30.6 Å². The molecule has 2 aromatic heterocycles. The second kappa shape index (κ2) is 9.58. The number of hydrogen-bond donors (Lipinski definition) is 0. The minimum atomic E-state index is 0.643. The summed E-state index contributed by atoms with van der Waals surface area (Å²) in [5, 5.41) is 1.07. The average molecular weight is 414 g/mol. The number of pyridine rings is 2. The molecule has 0 amide bonds. The molecule has 0 unspecified atom stereocenters. The quantitative estimate of drug-likeness (QED) is 0.399. The lowest BCUT2D eigenvalue weighted by Gasteiger charge is -2.24. The van der Waals surface area contributed by atoms with E-state index < -0.39 is 0 Å². The molecule has 0 saturated carbocycles. The molecule has 0 saturated heterocycles. The molecule has 2 aromatic carbocycles. The molecule has 31 heavy (non-hydrogen) atoms. The summed E-state index contributed by atoms with van der Waals surface area (Å²) in [5.74, 6) is 1.43. The summed E-state index contributed by atoms with van der Waals surface area (Å²) in [6.07, 6.45) is 3.68. The summed E-state index contributed by atoms with van der Waals surface area (Å²) in [4.78, 5) is 11.3. The van der Waals surface area contributed by atoms with Crippen LogP contribution in [0.5, 0.6) is 11.6 Å². The van der Waals surface area contributed by atoms with E-state index in [1.54, 1.807) is 14.2 Å². The molecule has 2 heterocycles. The Hall–Kier alpha value is -3.44. The van der Waals surface area contributed by atoms with Gasteiger partial charge >= 0.3 is 0 Å². The van der Waals surface area contributed by atoms with Crippen molar-refractivity contribution in [2.75, 3.05) is 14.2 Å². The molecule has 5 nitrogen and oxygen atoms in total. The number of aryl methyl sites for hydroxylation is 1. The third-order valence-electron chi connectivity index (χ3n) is 5.33. The predicted molar refractivity (Wildman–Crippen MR) is 123 cm³/mol. The van der Waals surface area contributed by atoms with Gasteiger partial charge in [-0.25, -0.2) is 4.98 Å². The van der Waals surface area contributed by atoms with Crippen LogP contribution in [-0.2, 0) is 19.6 Å². The molecule has 0 spiro atoms. The predicted octanol–water partition coefficient (Wildman–Crippen LogP) is 5.16. The van der Waals surface area contributed by atoms with E-state index in [1.165, 1.54) is 16.7 Å². The summed E-state index contributed by atoms with van der Waals surface area (Å²) in [6.45, 7) is 4.46. The SMILES string of the molecule is COc1ccc2cc(CN(Cc3ccncc3)Cc3ccc(C)cc3)c(OC)nc2c1. The van der Waals surface area contributed by atoms with Gasteiger partial charge in [-0.2, -0.15) is 0 Å². The number of rotatable bonds is 8. The van der Waals surface area contributed by atoms with Gasteiger partial charge in [0.05, 0.1) is 19.7 Å². The smallest absolute Gasteiger partial charge is 0.218 e. The molecule has 0 fully saturated rings. The van der Waals surface area contributed by atoms with Crippen molar-refractivity contribution in [3.05, 3.63) is 95.3 Å². The maximum absolute atomic E-state index is 5.66. The Kier molecular flexibility index (Phi) is 6.43. The molecular formula is C26H27N3O2. The molecule has 0 aliphatic carbocycles. The number of hydrogen-bond acceptors (Lipinski definition) is 5. The van der Waals surface area contributed by atoms with Gasteiger partial charge < -0.3 is 9.47 Å². The third kappa shape index (κ3) is 5.19. The topological polar surface area (TPSA) is 47.5 Å². The zero-order chi connectivity index (χ0) is 21.6. The Morgan fingerprint density at radius 2 is 1.48 bits per heavy atom. The van der Waals surface area contributed by atoms with Gasteiger partial charge in [0.25, 0.3) is 0 Å². The maximum atomic E-state index is 5.66. The van der Waals surface area contributed by atoms with E-state index in [-0.39, 0.29) is 0 Å². The first-order chi connectivity index (χ1) is 15.1. The van der Waals surface area contributed by atoms with Gasteiger partial charge in [0.1, 0.15) is 5.75 Å². The van der Waals surface area contributed by atoms with Crippen LogP contribution in [0.2, 0.25) is 0 Å². The van der Waals surface area contributed by atoms with Gasteiger partial charge in [0.2, 0.25) is 5.88 Å². The Morgan fingerprint density at radius 1 is 0.774 bits per heavy atom. The van der Waals surface area contributed by atoms with Crippen LogP contribution in [0, 0.1) is 6.92 Å². The highest BCUT2D eigenvalue weighted by atomic mass is 16.5. The van der Waals surface area contributed by atoms with Crippen molar-refractivity contribution in [3.63, 3.8) is 0 Å². The summed E-state index contributed by atoms with van der Waals surface area (Å²) in [6, 6.07) is 20.9. The summed E-state index contributed by atoms with van der Waals surface area (Å²) >= 11 is 0. The summed E-state index contributed by atoms with van der Waals surface area (Å²) in [5.41, 5.74) is 5.68. The fraction of sp³-hybridized carbons (Fsp3) is 0.231. The minimum Gasteiger partial charge on any atom is -0.497 e. The highest BCUT2D eigenvalue weighted by molar-refractivity contribution is 5.81. The summed E-state index contributed by atoms with van der Waals surface area (Å²) in [7, 11) is 3.33. The Bertz CT molecular complexity index is 1140. The first-order valence-corrected chi connectivity index (χ1v) is 10.3. The Balaban J connectivity index is 1.66. The lowest BCUT2D eigenvalue weighted by Crippen LogP contribution is -2.23. The Labute approximate surface area is 183 Å². The fourth-order valence-corrected chi connectivity index (χ4v) is 3.70. The number of methoxy groups -OCH3 is 2. The van der Waals surface area contributed by atoms with E-state index in [4.69, 9.17) is 14.5 Å². The molecule has 0 bridgehead atoms. The van der Waals surface area contributed by atoms with Crippen molar-refractivity contribution in [1.82, 2.24) is 14.9 Å². The van der Waals surface area contributed by atoms with Crippen LogP contribution < -0.4 is 9.47 Å². The first-order valence-electron chi connectivity index (χ1n) is 10.3. The van der Waals surface area contributed by atoms with Crippen LogP contribution in [0.25, 0.3) is 10.9 Å². The number of benzene rings is 2. The fourth-order valence-electron chi connectivity index (χ4n) is 3.70. The molecule has 0 aliphatic heterocycles. The molecule has 0 radical (unpaired) electrons. The van der Waals surface area contributed by atoms with E-state index in [0.717, 1.165) is 35.3 Å². The number of ether oxygens (including phenoxy) is 2. The van der Waals surface area contributed by atoms with E-state index in [9.17, 15) is 0 Å². The lowest BCUT2D eigenvalue weighted by molar-refractivity contribution is 0.242. The van der Waals surface area contributed by atoms with Crippen LogP contribution in [-0.4, -0.2) is 29.1 Å². The van der Waals surface area contributed by atoms with Crippen LogP contribution in [0.4, 0.5) is 0 Å². The number of aromatic nitrogens is 2. The van der Waals surface area contributed by atoms with Crippen molar-refractivity contribution >= 4 is 10.9 Å². The van der Waals surface area contributed by atoms with Gasteiger partial charge in [-0.15, -0.1) is 0 Å². The molecular weight excluding hydrogens is 386 g/mol. The zero-order valence-electron chi connectivity index (χ0n) is 18.2. The number of nitrogens with zero attached hydrogens (tertiary/aromatic N) is 3. The highest BCUT2D eigenvalue weighted by Crippen LogP contribution is 2.27. The normalized spacial score (nSPS) is 11.1. The largest absolute Gasteiger partial charge is 0.497 e. The molecule has 4 aromatic rings. The van der Waals surface area contributed by atoms with Crippen molar-refractivity contribution in [2.45, 2.75) is 26.6 Å². The lowest BCUT2D eigenvalue weighted by atomic mass is 10.1. The van der Waals surface area contributed by atoms with Gasteiger partial charge in [-0.05, 0) is 48.4 Å². The van der Waals surface area contributed by atoms with Crippen molar-refractivity contribution in [2.24, 2.45) is 0 Å². The molecule has 0 N–H and O–H groups in total. The molecule has 5 heteroatoms. The molecule has 0 atom stereocenters. The van der Waals surface area contributed by atoms with Gasteiger partial charge in [0.15, 0.2) is 0 Å². The minimum absolute atomic E-state index is 0.643. The molecule has 0 aliphatic rings. The highest BCUT2D eigenvalue weighted by Gasteiger charge is 2.14. The van der Waals surface area contributed by atoms with E-state index in [2.05, 4.69) is 59.3 Å². The van der Waals surface area contributed by atoms with Gasteiger partial charge in [-0.1, -0.05) is 29.8 Å². The van der Waals surface area contributed by atoms with Gasteiger partial charge in [-0.3, -0.25) is 9.88 Å². The summed E-state index contributed by atoms with van der Waals surface area (Å²) < 4.78 is 11.0. The first kappa shape index (κ1) is 20.8. The van der Waals surface area contributed by atoms with Crippen LogP contribution in [0.3, 0.4) is 0 Å². The van der Waals surface area contributed by atoms with E-state index >= 15 is 0 Å². The van der Waals surface area contributed by atoms with Crippen LogP contribution in [0.15, 0.2) is 73.1 Å². The van der Waals surface area contributed by atoms with Gasteiger partial charge in [0, 0.05) is 49.0 Å². The Morgan fingerprint density at radius 3 is 2.16 bits per heavy atom. The van der Waals surface area contributed by atoms with Crippen LogP contribution in [0.1, 0.15) is 22.3 Å². The monoisotopic (exact) mass is 413 g/mol. The van der Waals surface area contributed by atoms with Crippen molar-refractivity contribution < 1.29 is 9.47 Å². The second-order valence-electron chi connectivity index (χ2n) is 7.70. The average Bonchev–Trinajstić information content (AvgIpc) is 2.80. The van der Waals surface area contributed by atoms with Crippen molar-refractivity contribution in [1.29, 1.82) is 0 Å². The van der Waals surface area contributed by atoms with E-state index in [0.29, 0.717) is 12.4 Å². The zero-order valence-corrected chi connectivity index (χ0v) is 18.2. The molecule has 158 valence electrons. The molecule has 4 rings (SSSR count). The standard InChI is InChI=1S/C26H27N3O2/c1-19-4-6-20(7-5-19)16-29(17-21-10-12-27-13-11-21)18-23-14-22-8-9-24(30-2)15-25(22)28-26(23)31-3/h4-15H,16-18H2,1-3H3.